The second-order valence-corrected chi connectivity index (χ2v) is 6.95. The van der Waals surface area contributed by atoms with Crippen LogP contribution in [0.2, 0.25) is 0 Å². The van der Waals surface area contributed by atoms with Crippen LogP contribution in [0.1, 0.15) is 29.9 Å². The quantitative estimate of drug-likeness (QED) is 0.761. The van der Waals surface area contributed by atoms with Gasteiger partial charge in [0.05, 0.1) is 0 Å². The molecule has 2 N–H and O–H groups in total. The van der Waals surface area contributed by atoms with Crippen LogP contribution in [0.3, 0.4) is 0 Å². The molecule has 2 aliphatic carbocycles. The van der Waals surface area contributed by atoms with Crippen molar-refractivity contribution >= 4 is 16.9 Å². The van der Waals surface area contributed by atoms with E-state index in [2.05, 4.69) is 39.6 Å². The Morgan fingerprint density at radius 2 is 1.96 bits per heavy atom. The van der Waals surface area contributed by atoms with Crippen LogP contribution in [-0.2, 0) is 6.42 Å². The maximum absolute atomic E-state index is 11.5. The van der Waals surface area contributed by atoms with Crippen LogP contribution in [0.25, 0.3) is 11.0 Å². The Morgan fingerprint density at radius 1 is 1.08 bits per heavy atom. The van der Waals surface area contributed by atoms with Crippen LogP contribution in [0, 0.1) is 5.92 Å². The van der Waals surface area contributed by atoms with Gasteiger partial charge in [-0.05, 0) is 60.4 Å². The van der Waals surface area contributed by atoms with Crippen LogP contribution in [-0.4, -0.2) is 16.0 Å². The molecule has 24 heavy (non-hydrogen) atoms. The minimum atomic E-state index is -0.111. The zero-order valence-corrected chi connectivity index (χ0v) is 13.3. The van der Waals surface area contributed by atoms with E-state index in [1.54, 1.807) is 5.56 Å². The summed E-state index contributed by atoms with van der Waals surface area (Å²) in [5.74, 6) is 2.23. The molecule has 2 heterocycles. The highest BCUT2D eigenvalue weighted by atomic mass is 16.1. The lowest BCUT2D eigenvalue weighted by molar-refractivity contribution is 0.194. The lowest BCUT2D eigenvalue weighted by Gasteiger charge is -2.49. The van der Waals surface area contributed by atoms with E-state index in [-0.39, 0.29) is 5.56 Å². The third-order valence-electron chi connectivity index (χ3n) is 5.66. The summed E-state index contributed by atoms with van der Waals surface area (Å²) in [6.07, 6.45) is 3.57. The van der Waals surface area contributed by atoms with Crippen LogP contribution >= 0.6 is 0 Å². The van der Waals surface area contributed by atoms with E-state index in [0.717, 1.165) is 17.6 Å². The Balaban J connectivity index is 1.38. The number of H-pyrrole nitrogens is 1. The van der Waals surface area contributed by atoms with Crippen molar-refractivity contribution in [1.29, 1.82) is 0 Å². The average Bonchev–Trinajstić information content (AvgIpc) is 2.59. The van der Waals surface area contributed by atoms with Gasteiger partial charge in [-0.25, -0.2) is 4.98 Å². The van der Waals surface area contributed by atoms with Gasteiger partial charge in [0.1, 0.15) is 11.5 Å². The van der Waals surface area contributed by atoms with Crippen molar-refractivity contribution in [3.63, 3.8) is 0 Å². The number of hydrogen-bond acceptors (Lipinski definition) is 3. The largest absolute Gasteiger partial charge is 0.367 e. The molecule has 4 nitrogen and oxygen atoms in total. The van der Waals surface area contributed by atoms with Crippen molar-refractivity contribution < 1.29 is 0 Å². The smallest absolute Gasteiger partial charge is 0.249 e. The molecule has 0 aliphatic heterocycles. The monoisotopic (exact) mass is 317 g/mol. The van der Waals surface area contributed by atoms with Gasteiger partial charge in [-0.3, -0.25) is 4.79 Å². The van der Waals surface area contributed by atoms with Gasteiger partial charge in [0.25, 0.3) is 0 Å². The number of anilines is 1. The molecule has 2 aliphatic rings. The van der Waals surface area contributed by atoms with Crippen molar-refractivity contribution in [3.05, 3.63) is 70.0 Å². The minimum Gasteiger partial charge on any atom is -0.367 e. The summed E-state index contributed by atoms with van der Waals surface area (Å²) in [6.45, 7) is 0. The van der Waals surface area contributed by atoms with E-state index in [0.29, 0.717) is 23.5 Å². The molecular formula is C20H19N3O. The Hall–Kier alpha value is -2.62. The molecule has 0 bridgehead atoms. The summed E-state index contributed by atoms with van der Waals surface area (Å²) >= 11 is 0. The van der Waals surface area contributed by atoms with Gasteiger partial charge in [0.15, 0.2) is 0 Å². The Kier molecular flexibility index (Phi) is 2.98. The fourth-order valence-electron chi connectivity index (χ4n) is 4.38. The summed E-state index contributed by atoms with van der Waals surface area (Å²) in [7, 11) is 0. The predicted octanol–water partition coefficient (Wildman–Crippen LogP) is 3.45. The maximum Gasteiger partial charge on any atom is 0.249 e. The molecule has 5 rings (SSSR count). The zero-order valence-electron chi connectivity index (χ0n) is 13.3. The van der Waals surface area contributed by atoms with E-state index in [9.17, 15) is 4.79 Å². The summed E-state index contributed by atoms with van der Waals surface area (Å²) in [4.78, 5) is 18.8. The Labute approximate surface area is 139 Å². The van der Waals surface area contributed by atoms with Crippen molar-refractivity contribution in [2.45, 2.75) is 31.2 Å². The second-order valence-electron chi connectivity index (χ2n) is 6.95. The number of pyridine rings is 2. The van der Waals surface area contributed by atoms with E-state index >= 15 is 0 Å². The van der Waals surface area contributed by atoms with Crippen LogP contribution in [0.5, 0.6) is 0 Å². The fourth-order valence-corrected chi connectivity index (χ4v) is 4.38. The number of aromatic amines is 1. The van der Waals surface area contributed by atoms with Crippen molar-refractivity contribution in [1.82, 2.24) is 9.97 Å². The predicted molar refractivity (Wildman–Crippen MR) is 95.4 cm³/mol. The lowest BCUT2D eigenvalue weighted by atomic mass is 9.60. The maximum atomic E-state index is 11.5. The molecule has 0 radical (unpaired) electrons. The van der Waals surface area contributed by atoms with Gasteiger partial charge < -0.3 is 10.3 Å². The van der Waals surface area contributed by atoms with Gasteiger partial charge in [0.2, 0.25) is 5.56 Å². The first-order valence-electron chi connectivity index (χ1n) is 8.62. The Bertz CT molecular complexity index is 978. The van der Waals surface area contributed by atoms with Crippen LogP contribution in [0.4, 0.5) is 5.82 Å². The summed E-state index contributed by atoms with van der Waals surface area (Å²) in [5, 5.41) is 4.54. The number of fused-ring (bicyclic) bond motifs is 4. The number of rotatable bonds is 2. The third kappa shape index (κ3) is 2.13. The number of nitrogens with zero attached hydrogens (tertiary/aromatic N) is 1. The van der Waals surface area contributed by atoms with Crippen molar-refractivity contribution in [2.75, 3.05) is 5.32 Å². The molecule has 3 unspecified atom stereocenters. The number of aryl methyl sites for hydroxylation is 1. The van der Waals surface area contributed by atoms with Crippen LogP contribution < -0.4 is 10.9 Å². The molecule has 3 aromatic rings. The highest BCUT2D eigenvalue weighted by Crippen LogP contribution is 2.50. The van der Waals surface area contributed by atoms with E-state index in [1.807, 2.05) is 18.2 Å². The molecular weight excluding hydrogens is 298 g/mol. The second kappa shape index (κ2) is 5.20. The van der Waals surface area contributed by atoms with Crippen molar-refractivity contribution in [2.24, 2.45) is 5.92 Å². The Morgan fingerprint density at radius 3 is 2.92 bits per heavy atom. The van der Waals surface area contributed by atoms with Gasteiger partial charge in [0, 0.05) is 17.5 Å². The average molecular weight is 317 g/mol. The molecule has 0 saturated heterocycles. The summed E-state index contributed by atoms with van der Waals surface area (Å²) < 4.78 is 0. The highest BCUT2D eigenvalue weighted by molar-refractivity contribution is 5.76. The van der Waals surface area contributed by atoms with Gasteiger partial charge in [-0.15, -0.1) is 0 Å². The molecule has 3 atom stereocenters. The molecule has 2 aromatic heterocycles. The van der Waals surface area contributed by atoms with E-state index in [4.69, 9.17) is 0 Å². The summed E-state index contributed by atoms with van der Waals surface area (Å²) in [5.41, 5.74) is 3.61. The van der Waals surface area contributed by atoms with Crippen molar-refractivity contribution in [3.8, 4) is 0 Å². The molecule has 120 valence electrons. The number of nitrogens with one attached hydrogen (secondary N) is 2. The standard InChI is InChI=1S/C20H19N3O/c24-19-10-7-13-6-9-18(22-20(13)23-19)21-17-11-16-14-4-2-1-3-12(14)5-8-15(16)17/h1-4,6-7,9-10,15-17H,5,8,11H2,(H2,21,22,23,24). The normalized spacial score (nSPS) is 24.8. The van der Waals surface area contributed by atoms with Crippen LogP contribution in [0.15, 0.2) is 53.3 Å². The molecule has 1 saturated carbocycles. The number of hydrogen-bond donors (Lipinski definition) is 2. The topological polar surface area (TPSA) is 57.8 Å². The summed E-state index contributed by atoms with van der Waals surface area (Å²) in [6, 6.07) is 16.7. The first kappa shape index (κ1) is 13.8. The van der Waals surface area contributed by atoms with Gasteiger partial charge in [-0.1, -0.05) is 24.3 Å². The molecule has 1 fully saturated rings. The fraction of sp³-hybridized carbons (Fsp3) is 0.300. The third-order valence-corrected chi connectivity index (χ3v) is 5.66. The number of aromatic nitrogens is 2. The number of benzene rings is 1. The van der Waals surface area contributed by atoms with Gasteiger partial charge >= 0.3 is 0 Å². The SMILES string of the molecule is O=c1ccc2ccc(NC3CC4c5ccccc5CCC34)nc2[nH]1. The highest BCUT2D eigenvalue weighted by Gasteiger charge is 2.44. The molecule has 4 heteroatoms. The first-order valence-corrected chi connectivity index (χ1v) is 8.62. The zero-order chi connectivity index (χ0) is 16.1. The molecule has 1 aromatic carbocycles. The first-order chi connectivity index (χ1) is 11.8. The van der Waals surface area contributed by atoms with E-state index < -0.39 is 0 Å². The minimum absolute atomic E-state index is 0.111. The molecule has 0 amide bonds. The lowest BCUT2D eigenvalue weighted by Crippen LogP contribution is -2.47. The van der Waals surface area contributed by atoms with E-state index in [1.165, 1.54) is 24.5 Å². The molecule has 0 spiro atoms. The van der Waals surface area contributed by atoms with Gasteiger partial charge in [-0.2, -0.15) is 0 Å².